The van der Waals surface area contributed by atoms with E-state index in [1.54, 1.807) is 0 Å². The minimum absolute atomic E-state index is 0.193. The fourth-order valence-corrected chi connectivity index (χ4v) is 4.51. The number of hydrogen-bond acceptors (Lipinski definition) is 3. The molecule has 4 heterocycles. The number of aryl methyl sites for hydroxylation is 1. The topological polar surface area (TPSA) is 50.2 Å². The van der Waals surface area contributed by atoms with E-state index in [0.717, 1.165) is 73.5 Å². The van der Waals surface area contributed by atoms with Crippen molar-refractivity contribution in [3.63, 3.8) is 0 Å². The van der Waals surface area contributed by atoms with Gasteiger partial charge in [-0.1, -0.05) is 6.07 Å². The second-order valence-corrected chi connectivity index (χ2v) is 7.74. The van der Waals surface area contributed by atoms with Gasteiger partial charge >= 0.3 is 0 Å². The largest absolute Gasteiger partial charge is 0.342 e. The van der Waals surface area contributed by atoms with Crippen molar-refractivity contribution in [1.82, 2.24) is 19.8 Å². The second-order valence-electron chi connectivity index (χ2n) is 7.74. The Labute approximate surface area is 155 Å². The number of carbonyl (C=O) groups excluding carboxylic acids is 1. The van der Waals surface area contributed by atoms with E-state index in [-0.39, 0.29) is 5.91 Å². The first-order valence-electron chi connectivity index (χ1n) is 9.70. The number of pyridine rings is 1. The van der Waals surface area contributed by atoms with Crippen molar-refractivity contribution in [3.05, 3.63) is 53.1 Å². The zero-order valence-corrected chi connectivity index (χ0v) is 15.7. The van der Waals surface area contributed by atoms with Crippen molar-refractivity contribution >= 4 is 5.91 Å². The van der Waals surface area contributed by atoms with Crippen molar-refractivity contribution in [1.29, 1.82) is 0 Å². The summed E-state index contributed by atoms with van der Waals surface area (Å²) in [6.45, 7) is 8.83. The van der Waals surface area contributed by atoms with E-state index in [2.05, 4.69) is 33.6 Å². The highest BCUT2D eigenvalue weighted by Crippen LogP contribution is 2.28. The van der Waals surface area contributed by atoms with Gasteiger partial charge in [-0.2, -0.15) is 0 Å². The van der Waals surface area contributed by atoms with E-state index in [1.165, 1.54) is 0 Å². The number of nitrogens with one attached hydrogen (secondary N) is 1. The molecular formula is C21H28N4O. The molecule has 2 aliphatic rings. The van der Waals surface area contributed by atoms with Crippen LogP contribution >= 0.6 is 0 Å². The van der Waals surface area contributed by atoms with Crippen LogP contribution in [0.3, 0.4) is 0 Å². The van der Waals surface area contributed by atoms with Crippen LogP contribution in [-0.4, -0.2) is 46.5 Å². The number of rotatable bonds is 3. The molecule has 2 aromatic rings. The summed E-state index contributed by atoms with van der Waals surface area (Å²) in [5.74, 6) is 1.67. The van der Waals surface area contributed by atoms with Gasteiger partial charge in [0.25, 0.3) is 5.91 Å². The number of nitrogens with zero attached hydrogens (tertiary/aromatic N) is 3. The van der Waals surface area contributed by atoms with E-state index in [0.29, 0.717) is 6.54 Å². The van der Waals surface area contributed by atoms with Gasteiger partial charge in [0.1, 0.15) is 0 Å². The smallest absolute Gasteiger partial charge is 0.255 e. The predicted molar refractivity (Wildman–Crippen MR) is 102 cm³/mol. The molecule has 4 rings (SSSR count). The molecule has 0 saturated carbocycles. The van der Waals surface area contributed by atoms with Gasteiger partial charge in [0.2, 0.25) is 0 Å². The van der Waals surface area contributed by atoms with E-state index in [4.69, 9.17) is 0 Å². The Kier molecular flexibility index (Phi) is 4.81. The Bertz CT molecular complexity index is 769. The maximum Gasteiger partial charge on any atom is 0.255 e. The molecule has 0 spiro atoms. The number of hydrogen-bond donors (Lipinski definition) is 1. The number of aromatic nitrogens is 2. The fraction of sp³-hybridized carbons (Fsp3) is 0.524. The highest BCUT2D eigenvalue weighted by atomic mass is 16.2. The molecule has 138 valence electrons. The quantitative estimate of drug-likeness (QED) is 0.924. The predicted octanol–water partition coefficient (Wildman–Crippen LogP) is 2.62. The molecule has 1 N–H and O–H groups in total. The Balaban J connectivity index is 1.52. The monoisotopic (exact) mass is 352 g/mol. The molecule has 5 nitrogen and oxygen atoms in total. The molecule has 2 aromatic heterocycles. The molecular weight excluding hydrogens is 324 g/mol. The van der Waals surface area contributed by atoms with E-state index >= 15 is 0 Å². The Morgan fingerprint density at radius 2 is 1.92 bits per heavy atom. The summed E-state index contributed by atoms with van der Waals surface area (Å²) in [4.78, 5) is 19.7. The normalized spacial score (nSPS) is 22.9. The van der Waals surface area contributed by atoms with Gasteiger partial charge in [0.15, 0.2) is 0 Å². The number of fused-ring (bicyclic) bond motifs is 1. The third-order valence-corrected chi connectivity index (χ3v) is 6.16. The van der Waals surface area contributed by atoms with Gasteiger partial charge in [-0.3, -0.25) is 9.78 Å². The SMILES string of the molecule is Cc1cc(C(=O)N2CC[C@@H]3CNC[C@@H]3CC2)c(C)n1Cc1ccccn1. The summed E-state index contributed by atoms with van der Waals surface area (Å²) >= 11 is 0. The average Bonchev–Trinajstić information content (AvgIpc) is 3.15. The molecule has 2 saturated heterocycles. The molecule has 0 aliphatic carbocycles. The Morgan fingerprint density at radius 3 is 2.58 bits per heavy atom. The third kappa shape index (κ3) is 3.28. The summed E-state index contributed by atoms with van der Waals surface area (Å²) in [7, 11) is 0. The van der Waals surface area contributed by atoms with Crippen LogP contribution in [0.5, 0.6) is 0 Å². The first-order valence-corrected chi connectivity index (χ1v) is 9.70. The molecule has 0 aromatic carbocycles. The molecule has 5 heteroatoms. The first-order chi connectivity index (χ1) is 12.6. The molecule has 2 aliphatic heterocycles. The summed E-state index contributed by atoms with van der Waals surface area (Å²) in [5.41, 5.74) is 4.03. The standard InChI is InChI=1S/C21H28N4O/c1-15-11-20(16(2)25(15)14-19-5-3-4-8-23-19)21(26)24-9-6-17-12-22-13-18(17)7-10-24/h3-5,8,11,17-18,22H,6-7,9-10,12-14H2,1-2H3/t17-,18+. The summed E-state index contributed by atoms with van der Waals surface area (Å²) < 4.78 is 2.20. The van der Waals surface area contributed by atoms with E-state index in [1.807, 2.05) is 30.5 Å². The zero-order chi connectivity index (χ0) is 18.1. The van der Waals surface area contributed by atoms with Crippen molar-refractivity contribution in [2.45, 2.75) is 33.2 Å². The van der Waals surface area contributed by atoms with Crippen LogP contribution in [0.2, 0.25) is 0 Å². The lowest BCUT2D eigenvalue weighted by Gasteiger charge is -2.21. The van der Waals surface area contributed by atoms with Gasteiger partial charge in [0, 0.05) is 30.7 Å². The fourth-order valence-electron chi connectivity index (χ4n) is 4.51. The van der Waals surface area contributed by atoms with Gasteiger partial charge in [-0.25, -0.2) is 0 Å². The van der Waals surface area contributed by atoms with Crippen LogP contribution in [-0.2, 0) is 6.54 Å². The van der Waals surface area contributed by atoms with Crippen LogP contribution in [0.4, 0.5) is 0 Å². The highest BCUT2D eigenvalue weighted by molar-refractivity contribution is 5.95. The molecule has 0 radical (unpaired) electrons. The Morgan fingerprint density at radius 1 is 1.19 bits per heavy atom. The molecule has 2 atom stereocenters. The van der Waals surface area contributed by atoms with Crippen molar-refractivity contribution in [2.75, 3.05) is 26.2 Å². The average molecular weight is 352 g/mol. The number of carbonyl (C=O) groups is 1. The van der Waals surface area contributed by atoms with Gasteiger partial charge in [-0.15, -0.1) is 0 Å². The van der Waals surface area contributed by atoms with Crippen LogP contribution in [0.15, 0.2) is 30.5 Å². The third-order valence-electron chi connectivity index (χ3n) is 6.16. The summed E-state index contributed by atoms with van der Waals surface area (Å²) in [5, 5.41) is 3.50. The second kappa shape index (κ2) is 7.23. The van der Waals surface area contributed by atoms with E-state index < -0.39 is 0 Å². The summed E-state index contributed by atoms with van der Waals surface area (Å²) in [6, 6.07) is 8.01. The Hall–Kier alpha value is -2.14. The van der Waals surface area contributed by atoms with Crippen molar-refractivity contribution < 1.29 is 4.79 Å². The summed E-state index contributed by atoms with van der Waals surface area (Å²) in [6.07, 6.45) is 4.06. The van der Waals surface area contributed by atoms with Crippen LogP contribution in [0.25, 0.3) is 0 Å². The van der Waals surface area contributed by atoms with Crippen LogP contribution < -0.4 is 5.32 Å². The number of amides is 1. The van der Waals surface area contributed by atoms with E-state index in [9.17, 15) is 4.79 Å². The maximum absolute atomic E-state index is 13.2. The number of likely N-dealkylation sites (tertiary alicyclic amines) is 1. The highest BCUT2D eigenvalue weighted by Gasteiger charge is 2.32. The lowest BCUT2D eigenvalue weighted by Crippen LogP contribution is -2.33. The van der Waals surface area contributed by atoms with Gasteiger partial charge < -0.3 is 14.8 Å². The minimum atomic E-state index is 0.193. The molecule has 1 amide bonds. The zero-order valence-electron chi connectivity index (χ0n) is 15.7. The molecule has 26 heavy (non-hydrogen) atoms. The van der Waals surface area contributed by atoms with Gasteiger partial charge in [-0.05, 0) is 69.8 Å². The first kappa shape index (κ1) is 17.3. The van der Waals surface area contributed by atoms with Gasteiger partial charge in [0.05, 0.1) is 17.8 Å². The van der Waals surface area contributed by atoms with Crippen LogP contribution in [0.1, 0.15) is 40.3 Å². The molecule has 0 bridgehead atoms. The lowest BCUT2D eigenvalue weighted by atomic mass is 9.92. The van der Waals surface area contributed by atoms with Crippen molar-refractivity contribution in [2.24, 2.45) is 11.8 Å². The molecule has 2 fully saturated rings. The minimum Gasteiger partial charge on any atom is -0.342 e. The van der Waals surface area contributed by atoms with Crippen LogP contribution in [0, 0.1) is 25.7 Å². The maximum atomic E-state index is 13.2. The van der Waals surface area contributed by atoms with Crippen molar-refractivity contribution in [3.8, 4) is 0 Å². The molecule has 0 unspecified atom stereocenters. The lowest BCUT2D eigenvalue weighted by molar-refractivity contribution is 0.0757.